The van der Waals surface area contributed by atoms with Gasteiger partial charge >= 0.3 is 0 Å². The maximum Gasteiger partial charge on any atom is 0.228 e. The minimum atomic E-state index is -0.329. The minimum absolute atomic E-state index is 0.0620. The smallest absolute Gasteiger partial charge is 0.228 e. The Kier molecular flexibility index (Phi) is 4.37. The number of carbonyl (C=O) groups is 2. The number of carbonyl (C=O) groups excluding carboxylic acids is 2. The molecule has 3 atom stereocenters. The van der Waals surface area contributed by atoms with Crippen molar-refractivity contribution in [3.05, 3.63) is 30.1 Å². The fourth-order valence-electron chi connectivity index (χ4n) is 3.84. The second-order valence-corrected chi connectivity index (χ2v) is 7.07. The molecule has 0 radical (unpaired) electrons. The van der Waals surface area contributed by atoms with Gasteiger partial charge in [0.2, 0.25) is 11.8 Å². The van der Waals surface area contributed by atoms with Crippen molar-refractivity contribution in [2.75, 3.05) is 24.5 Å². The topological polar surface area (TPSA) is 40.6 Å². The third-order valence-corrected chi connectivity index (χ3v) is 4.79. The largest absolute Gasteiger partial charge is 0.342 e. The molecule has 0 bridgehead atoms. The molecular formula is C18H23FN2O2. The summed E-state index contributed by atoms with van der Waals surface area (Å²) in [6.07, 6.45) is 1.39. The molecule has 23 heavy (non-hydrogen) atoms. The number of amides is 2. The number of halogens is 1. The average molecular weight is 318 g/mol. The Bertz CT molecular complexity index is 592. The first-order valence-corrected chi connectivity index (χ1v) is 8.28. The summed E-state index contributed by atoms with van der Waals surface area (Å²) in [6, 6.07) is 5.85. The van der Waals surface area contributed by atoms with Gasteiger partial charge in [-0.15, -0.1) is 0 Å². The van der Waals surface area contributed by atoms with Gasteiger partial charge in [0, 0.05) is 31.7 Å². The maximum atomic E-state index is 13.0. The van der Waals surface area contributed by atoms with Crippen LogP contribution >= 0.6 is 0 Å². The van der Waals surface area contributed by atoms with Crippen molar-refractivity contribution in [1.29, 1.82) is 0 Å². The molecule has 2 aliphatic rings. The fraction of sp³-hybridized carbons (Fsp3) is 0.556. The van der Waals surface area contributed by atoms with Crippen molar-refractivity contribution < 1.29 is 14.0 Å². The van der Waals surface area contributed by atoms with Crippen LogP contribution in [0.3, 0.4) is 0 Å². The number of hydrogen-bond donors (Lipinski definition) is 0. The van der Waals surface area contributed by atoms with Gasteiger partial charge in [-0.25, -0.2) is 4.39 Å². The molecule has 0 spiro atoms. The highest BCUT2D eigenvalue weighted by molar-refractivity contribution is 6.00. The number of anilines is 1. The molecule has 4 nitrogen and oxygen atoms in total. The van der Waals surface area contributed by atoms with E-state index in [0.29, 0.717) is 24.1 Å². The first-order chi connectivity index (χ1) is 10.9. The Morgan fingerprint density at radius 2 is 1.70 bits per heavy atom. The minimum Gasteiger partial charge on any atom is -0.342 e. The molecule has 2 aliphatic heterocycles. The second kappa shape index (κ2) is 6.30. The molecule has 3 rings (SSSR count). The Morgan fingerprint density at radius 3 is 2.30 bits per heavy atom. The number of nitrogens with zero attached hydrogens (tertiary/aromatic N) is 2. The molecule has 2 fully saturated rings. The summed E-state index contributed by atoms with van der Waals surface area (Å²) in [5.41, 5.74) is 0.659. The summed E-state index contributed by atoms with van der Waals surface area (Å²) in [6.45, 7) is 6.29. The molecule has 0 aromatic heterocycles. The lowest BCUT2D eigenvalue weighted by atomic mass is 9.91. The number of benzene rings is 1. The van der Waals surface area contributed by atoms with Crippen LogP contribution in [0.25, 0.3) is 0 Å². The normalized spacial score (nSPS) is 28.3. The van der Waals surface area contributed by atoms with Crippen molar-refractivity contribution in [2.45, 2.75) is 26.7 Å². The van der Waals surface area contributed by atoms with Gasteiger partial charge < -0.3 is 9.80 Å². The van der Waals surface area contributed by atoms with Crippen LogP contribution in [0.5, 0.6) is 0 Å². The summed E-state index contributed by atoms with van der Waals surface area (Å²) < 4.78 is 13.0. The zero-order valence-corrected chi connectivity index (χ0v) is 13.7. The van der Waals surface area contributed by atoms with Crippen LogP contribution in [0.2, 0.25) is 0 Å². The summed E-state index contributed by atoms with van der Waals surface area (Å²) in [4.78, 5) is 28.5. The highest BCUT2D eigenvalue weighted by Gasteiger charge is 2.38. The Balaban J connectivity index is 1.69. The first kappa shape index (κ1) is 16.0. The van der Waals surface area contributed by atoms with Gasteiger partial charge in [0.25, 0.3) is 0 Å². The third kappa shape index (κ3) is 3.38. The van der Waals surface area contributed by atoms with Crippen LogP contribution in [0.15, 0.2) is 24.3 Å². The third-order valence-electron chi connectivity index (χ3n) is 4.79. The van der Waals surface area contributed by atoms with E-state index in [-0.39, 0.29) is 30.0 Å². The highest BCUT2D eigenvalue weighted by atomic mass is 19.1. The lowest BCUT2D eigenvalue weighted by molar-refractivity contribution is -0.138. The van der Waals surface area contributed by atoms with Gasteiger partial charge in [-0.05, 0) is 42.5 Å². The zero-order chi connectivity index (χ0) is 16.6. The summed E-state index contributed by atoms with van der Waals surface area (Å²) in [7, 11) is 0. The summed E-state index contributed by atoms with van der Waals surface area (Å²) >= 11 is 0. The SMILES string of the molecule is C[C@@H]1C[C@H](C)CN(C(=O)[C@H]2CC(=O)N(c3ccc(F)cc3)C2)C1. The van der Waals surface area contributed by atoms with Crippen LogP contribution in [0, 0.1) is 23.6 Å². The molecule has 5 heteroatoms. The summed E-state index contributed by atoms with van der Waals surface area (Å²) in [5, 5.41) is 0. The quantitative estimate of drug-likeness (QED) is 0.841. The molecule has 2 heterocycles. The predicted octanol–water partition coefficient (Wildman–Crippen LogP) is 2.68. The molecule has 0 unspecified atom stereocenters. The van der Waals surface area contributed by atoms with Gasteiger partial charge in [-0.1, -0.05) is 13.8 Å². The lowest BCUT2D eigenvalue weighted by Crippen LogP contribution is -2.45. The molecule has 2 amide bonds. The highest BCUT2D eigenvalue weighted by Crippen LogP contribution is 2.29. The van der Waals surface area contributed by atoms with Crippen molar-refractivity contribution in [2.24, 2.45) is 17.8 Å². The average Bonchev–Trinajstić information content (AvgIpc) is 2.88. The number of hydrogen-bond acceptors (Lipinski definition) is 2. The van der Waals surface area contributed by atoms with E-state index < -0.39 is 0 Å². The predicted molar refractivity (Wildman–Crippen MR) is 86.4 cm³/mol. The van der Waals surface area contributed by atoms with Gasteiger partial charge in [0.05, 0.1) is 5.92 Å². The summed E-state index contributed by atoms with van der Waals surface area (Å²) in [5.74, 6) is 0.421. The molecule has 2 saturated heterocycles. The van der Waals surface area contributed by atoms with E-state index in [4.69, 9.17) is 0 Å². The number of piperidine rings is 1. The van der Waals surface area contributed by atoms with Crippen molar-refractivity contribution in [3.8, 4) is 0 Å². The van der Waals surface area contributed by atoms with E-state index in [1.54, 1.807) is 17.0 Å². The Morgan fingerprint density at radius 1 is 1.09 bits per heavy atom. The first-order valence-electron chi connectivity index (χ1n) is 8.28. The van der Waals surface area contributed by atoms with E-state index >= 15 is 0 Å². The standard InChI is InChI=1S/C18H23FN2O2/c1-12-7-13(2)10-20(9-12)18(23)14-8-17(22)21(11-14)16-5-3-15(19)4-6-16/h3-6,12-14H,7-11H2,1-2H3/t12-,13+,14-/m0/s1. The Hall–Kier alpha value is -1.91. The van der Waals surface area contributed by atoms with Crippen LogP contribution in [0.1, 0.15) is 26.7 Å². The van der Waals surface area contributed by atoms with Gasteiger partial charge in [0.1, 0.15) is 5.82 Å². The molecule has 0 aliphatic carbocycles. The molecule has 1 aromatic rings. The molecule has 124 valence electrons. The molecule has 1 aromatic carbocycles. The van der Waals surface area contributed by atoms with Crippen molar-refractivity contribution in [1.82, 2.24) is 4.90 Å². The number of likely N-dealkylation sites (tertiary alicyclic amines) is 1. The van der Waals surface area contributed by atoms with Gasteiger partial charge in [0.15, 0.2) is 0 Å². The monoisotopic (exact) mass is 318 g/mol. The van der Waals surface area contributed by atoms with E-state index in [9.17, 15) is 14.0 Å². The molecule has 0 N–H and O–H groups in total. The van der Waals surface area contributed by atoms with E-state index in [0.717, 1.165) is 19.5 Å². The molecule has 0 saturated carbocycles. The van der Waals surface area contributed by atoms with Gasteiger partial charge in [-0.2, -0.15) is 0 Å². The lowest BCUT2D eigenvalue weighted by Gasteiger charge is -2.36. The van der Waals surface area contributed by atoms with Crippen LogP contribution in [-0.4, -0.2) is 36.3 Å². The van der Waals surface area contributed by atoms with Crippen LogP contribution in [-0.2, 0) is 9.59 Å². The van der Waals surface area contributed by atoms with E-state index in [1.807, 2.05) is 4.90 Å². The van der Waals surface area contributed by atoms with Crippen molar-refractivity contribution >= 4 is 17.5 Å². The maximum absolute atomic E-state index is 13.0. The second-order valence-electron chi connectivity index (χ2n) is 7.07. The van der Waals surface area contributed by atoms with Crippen LogP contribution < -0.4 is 4.90 Å². The Labute approximate surface area is 136 Å². The van der Waals surface area contributed by atoms with E-state index in [2.05, 4.69) is 13.8 Å². The van der Waals surface area contributed by atoms with Crippen molar-refractivity contribution in [3.63, 3.8) is 0 Å². The number of rotatable bonds is 2. The molecular weight excluding hydrogens is 295 g/mol. The van der Waals surface area contributed by atoms with Crippen LogP contribution in [0.4, 0.5) is 10.1 Å². The van der Waals surface area contributed by atoms with E-state index in [1.165, 1.54) is 12.1 Å². The van der Waals surface area contributed by atoms with Gasteiger partial charge in [-0.3, -0.25) is 9.59 Å². The fourth-order valence-corrected chi connectivity index (χ4v) is 3.84. The zero-order valence-electron chi connectivity index (χ0n) is 13.7.